The summed E-state index contributed by atoms with van der Waals surface area (Å²) < 4.78 is 1.90. The topological polar surface area (TPSA) is 17.8 Å². The fraction of sp³-hybridized carbons (Fsp3) is 0.167. The van der Waals surface area contributed by atoms with Crippen molar-refractivity contribution >= 4 is 18.0 Å². The Morgan fingerprint density at radius 1 is 1.67 bits per heavy atom. The molecule has 0 spiro atoms. The number of nitrogens with zero attached hydrogens (tertiary/aromatic N) is 2. The molecule has 0 saturated heterocycles. The van der Waals surface area contributed by atoms with Gasteiger partial charge in [0.25, 0.3) is 0 Å². The Bertz CT molecular complexity index is 239. The van der Waals surface area contributed by atoms with Crippen LogP contribution in [0.3, 0.4) is 0 Å². The Morgan fingerprint density at radius 3 is 3.56 bits per heavy atom. The largest absolute Gasteiger partial charge is 0.244 e. The lowest BCUT2D eigenvalue weighted by molar-refractivity contribution is 0.889. The lowest BCUT2D eigenvalue weighted by Crippen LogP contribution is -1.96. The van der Waals surface area contributed by atoms with Gasteiger partial charge in [0.1, 0.15) is 0 Å². The molecule has 0 aromatic carbocycles. The molecule has 2 heterocycles. The molecule has 0 atom stereocenters. The lowest BCUT2D eigenvalue weighted by Gasteiger charge is -2.04. The van der Waals surface area contributed by atoms with Crippen molar-refractivity contribution in [1.29, 1.82) is 0 Å². The van der Waals surface area contributed by atoms with Crippen LogP contribution in [0.15, 0.2) is 17.7 Å². The summed E-state index contributed by atoms with van der Waals surface area (Å²) in [7, 11) is 0. The monoisotopic (exact) mass is 138 g/mol. The van der Waals surface area contributed by atoms with Gasteiger partial charge in [-0.25, -0.2) is 4.68 Å². The first-order valence-electron chi connectivity index (χ1n) is 2.77. The molecule has 0 N–H and O–H groups in total. The minimum atomic E-state index is 1.05. The summed E-state index contributed by atoms with van der Waals surface area (Å²) in [6.45, 7) is 0. The third-order valence-corrected chi connectivity index (χ3v) is 2.06. The molecule has 2 nitrogen and oxygen atoms in total. The van der Waals surface area contributed by atoms with Gasteiger partial charge in [0.15, 0.2) is 0 Å². The van der Waals surface area contributed by atoms with Crippen molar-refractivity contribution in [2.24, 2.45) is 0 Å². The van der Waals surface area contributed by atoms with E-state index in [9.17, 15) is 0 Å². The second kappa shape index (κ2) is 1.92. The predicted octanol–water partition coefficient (Wildman–Crippen LogP) is 1.56. The summed E-state index contributed by atoms with van der Waals surface area (Å²) >= 11 is 1.80. The van der Waals surface area contributed by atoms with E-state index in [2.05, 4.69) is 10.5 Å². The molecular weight excluding hydrogens is 132 g/mol. The summed E-state index contributed by atoms with van der Waals surface area (Å²) in [4.78, 5) is 0. The molecule has 1 aliphatic heterocycles. The molecule has 0 unspecified atom stereocenters. The van der Waals surface area contributed by atoms with Crippen LogP contribution in [0.1, 0.15) is 5.69 Å². The van der Waals surface area contributed by atoms with Crippen molar-refractivity contribution < 1.29 is 0 Å². The van der Waals surface area contributed by atoms with Gasteiger partial charge in [0, 0.05) is 18.1 Å². The molecule has 2 rings (SSSR count). The molecule has 0 aliphatic carbocycles. The van der Waals surface area contributed by atoms with E-state index in [1.54, 1.807) is 11.8 Å². The van der Waals surface area contributed by atoms with Crippen molar-refractivity contribution in [2.75, 3.05) is 0 Å². The van der Waals surface area contributed by atoms with Gasteiger partial charge >= 0.3 is 0 Å². The maximum Gasteiger partial charge on any atom is 0.0538 e. The number of thioether (sulfide) groups is 1. The summed E-state index contributed by atoms with van der Waals surface area (Å²) in [5.74, 6) is 1.05. The quantitative estimate of drug-likeness (QED) is 0.541. The summed E-state index contributed by atoms with van der Waals surface area (Å²) in [5, 5.41) is 6.13. The standard InChI is InChI=1S/C6H6N2S/c1-2-7-8-3-4-9-5-6(1)8/h1-4H,5H2. The highest BCUT2D eigenvalue weighted by Crippen LogP contribution is 2.17. The summed E-state index contributed by atoms with van der Waals surface area (Å²) in [5.41, 5.74) is 1.28. The smallest absolute Gasteiger partial charge is 0.0538 e. The van der Waals surface area contributed by atoms with Gasteiger partial charge in [-0.3, -0.25) is 0 Å². The Balaban J connectivity index is 2.53. The molecular formula is C6H6N2S. The first-order chi connectivity index (χ1) is 4.47. The third kappa shape index (κ3) is 0.772. The van der Waals surface area contributed by atoms with Crippen LogP contribution in [0.2, 0.25) is 0 Å². The van der Waals surface area contributed by atoms with Crippen LogP contribution in [-0.2, 0) is 5.75 Å². The Labute approximate surface area is 57.6 Å². The van der Waals surface area contributed by atoms with Gasteiger partial charge in [-0.15, -0.1) is 11.8 Å². The Hall–Kier alpha value is -0.700. The van der Waals surface area contributed by atoms with Crippen LogP contribution in [0.5, 0.6) is 0 Å². The molecule has 1 aromatic heterocycles. The minimum absolute atomic E-state index is 1.05. The molecule has 3 heteroatoms. The van der Waals surface area contributed by atoms with E-state index < -0.39 is 0 Å². The first-order valence-corrected chi connectivity index (χ1v) is 3.82. The van der Waals surface area contributed by atoms with Gasteiger partial charge in [0.05, 0.1) is 5.69 Å². The summed E-state index contributed by atoms with van der Waals surface area (Å²) in [6, 6.07) is 2.04. The van der Waals surface area contributed by atoms with Crippen molar-refractivity contribution in [3.05, 3.63) is 23.4 Å². The number of hydrogen-bond donors (Lipinski definition) is 0. The molecule has 0 radical (unpaired) electrons. The molecule has 0 amide bonds. The maximum absolute atomic E-state index is 4.07. The van der Waals surface area contributed by atoms with Crippen molar-refractivity contribution in [2.45, 2.75) is 5.75 Å². The molecule has 1 aromatic rings. The van der Waals surface area contributed by atoms with Crippen LogP contribution < -0.4 is 0 Å². The van der Waals surface area contributed by atoms with E-state index in [-0.39, 0.29) is 0 Å². The predicted molar refractivity (Wildman–Crippen MR) is 38.9 cm³/mol. The van der Waals surface area contributed by atoms with Gasteiger partial charge in [-0.1, -0.05) is 0 Å². The van der Waals surface area contributed by atoms with Crippen molar-refractivity contribution in [3.8, 4) is 0 Å². The molecule has 46 valence electrons. The van der Waals surface area contributed by atoms with Gasteiger partial charge < -0.3 is 0 Å². The first kappa shape index (κ1) is 5.11. The average molecular weight is 138 g/mol. The number of fused-ring (bicyclic) bond motifs is 1. The Kier molecular flexibility index (Phi) is 1.09. The highest BCUT2D eigenvalue weighted by Gasteiger charge is 2.01. The van der Waals surface area contributed by atoms with Crippen molar-refractivity contribution in [1.82, 2.24) is 9.78 Å². The van der Waals surface area contributed by atoms with Crippen LogP contribution in [-0.4, -0.2) is 9.78 Å². The average Bonchev–Trinajstić information content (AvgIpc) is 2.33. The second-order valence-corrected chi connectivity index (χ2v) is 2.76. The van der Waals surface area contributed by atoms with Gasteiger partial charge in [-0.05, 0) is 11.5 Å². The fourth-order valence-corrected chi connectivity index (χ4v) is 1.52. The zero-order valence-electron chi connectivity index (χ0n) is 4.82. The molecule has 1 aliphatic rings. The van der Waals surface area contributed by atoms with E-state index in [0.717, 1.165) is 5.75 Å². The SMILES string of the molecule is C1=Cn2nccc2CS1. The van der Waals surface area contributed by atoms with Crippen LogP contribution >= 0.6 is 11.8 Å². The van der Waals surface area contributed by atoms with E-state index in [4.69, 9.17) is 0 Å². The maximum atomic E-state index is 4.07. The molecule has 9 heavy (non-hydrogen) atoms. The zero-order chi connectivity index (χ0) is 6.10. The number of aromatic nitrogens is 2. The summed E-state index contributed by atoms with van der Waals surface area (Å²) in [6.07, 6.45) is 3.80. The fourth-order valence-electron chi connectivity index (χ4n) is 0.824. The number of hydrogen-bond acceptors (Lipinski definition) is 2. The third-order valence-electron chi connectivity index (χ3n) is 1.28. The second-order valence-electron chi connectivity index (χ2n) is 1.86. The highest BCUT2D eigenvalue weighted by molar-refractivity contribution is 8.01. The minimum Gasteiger partial charge on any atom is -0.244 e. The normalized spacial score (nSPS) is 15.6. The lowest BCUT2D eigenvalue weighted by atomic mass is 10.5. The zero-order valence-corrected chi connectivity index (χ0v) is 5.64. The highest BCUT2D eigenvalue weighted by atomic mass is 32.2. The van der Waals surface area contributed by atoms with Crippen LogP contribution in [0, 0.1) is 0 Å². The molecule has 0 bridgehead atoms. The number of rotatable bonds is 0. The van der Waals surface area contributed by atoms with E-state index in [0.29, 0.717) is 0 Å². The van der Waals surface area contributed by atoms with Gasteiger partial charge in [-0.2, -0.15) is 5.10 Å². The molecule has 0 fully saturated rings. The van der Waals surface area contributed by atoms with Crippen LogP contribution in [0.4, 0.5) is 0 Å². The van der Waals surface area contributed by atoms with E-state index >= 15 is 0 Å². The Morgan fingerprint density at radius 2 is 2.67 bits per heavy atom. The van der Waals surface area contributed by atoms with Gasteiger partial charge in [0.2, 0.25) is 0 Å². The van der Waals surface area contributed by atoms with Crippen LogP contribution in [0.25, 0.3) is 6.20 Å². The molecule has 0 saturated carbocycles. The van der Waals surface area contributed by atoms with E-state index in [1.165, 1.54) is 5.69 Å². The van der Waals surface area contributed by atoms with E-state index in [1.807, 2.05) is 23.1 Å². The van der Waals surface area contributed by atoms with Crippen molar-refractivity contribution in [3.63, 3.8) is 0 Å².